The number of hydrogen-bond acceptors (Lipinski definition) is 5. The van der Waals surface area contributed by atoms with E-state index < -0.39 is 11.6 Å². The van der Waals surface area contributed by atoms with E-state index in [4.69, 9.17) is 4.74 Å². The third-order valence-electron chi connectivity index (χ3n) is 4.95. The summed E-state index contributed by atoms with van der Waals surface area (Å²) < 4.78 is 33.7. The van der Waals surface area contributed by atoms with Crippen LogP contribution in [0.1, 0.15) is 10.4 Å². The number of amides is 1. The molecule has 0 radical (unpaired) electrons. The molecule has 32 heavy (non-hydrogen) atoms. The third-order valence-corrected chi connectivity index (χ3v) is 5.97. The van der Waals surface area contributed by atoms with E-state index in [2.05, 4.69) is 4.98 Å². The molecule has 9 heteroatoms. The van der Waals surface area contributed by atoms with Crippen LogP contribution in [0.25, 0.3) is 21.0 Å². The van der Waals surface area contributed by atoms with Crippen molar-refractivity contribution in [3.05, 3.63) is 65.7 Å². The lowest BCUT2D eigenvalue weighted by molar-refractivity contribution is 0.0982. The van der Waals surface area contributed by atoms with E-state index in [0.717, 1.165) is 28.2 Å². The van der Waals surface area contributed by atoms with Gasteiger partial charge in [0, 0.05) is 19.2 Å². The second kappa shape index (κ2) is 9.77. The first-order chi connectivity index (χ1) is 14.9. The Kier molecular flexibility index (Phi) is 7.28. The number of hydrogen-bond donors (Lipinski definition) is 0. The van der Waals surface area contributed by atoms with Crippen molar-refractivity contribution < 1.29 is 18.3 Å². The fourth-order valence-electron chi connectivity index (χ4n) is 3.35. The summed E-state index contributed by atoms with van der Waals surface area (Å²) in [5, 5.41) is 2.16. The molecule has 0 unspecified atom stereocenters. The number of benzene rings is 3. The van der Waals surface area contributed by atoms with Gasteiger partial charge >= 0.3 is 0 Å². The number of methoxy groups -OCH3 is 1. The number of fused-ring (bicyclic) bond motifs is 2. The Balaban J connectivity index is 0.00000289. The lowest BCUT2D eigenvalue weighted by Crippen LogP contribution is -2.37. The molecular weight excluding hydrogens is 456 g/mol. The Hall–Kier alpha value is -2.81. The SMILES string of the molecule is COc1cc2ccccc2cc1C(=O)N(CCN(C)C)c1nc2c(F)cc(F)cc2s1.Cl. The molecule has 0 aliphatic carbocycles. The molecule has 0 N–H and O–H groups in total. The van der Waals surface area contributed by atoms with Crippen LogP contribution < -0.4 is 9.64 Å². The summed E-state index contributed by atoms with van der Waals surface area (Å²) in [5.41, 5.74) is 0.431. The van der Waals surface area contributed by atoms with Gasteiger partial charge in [0.1, 0.15) is 17.1 Å². The lowest BCUT2D eigenvalue weighted by Gasteiger charge is -2.23. The second-order valence-electron chi connectivity index (χ2n) is 7.39. The van der Waals surface area contributed by atoms with Crippen LogP contribution in [0.4, 0.5) is 13.9 Å². The molecule has 1 heterocycles. The Labute approximate surface area is 194 Å². The van der Waals surface area contributed by atoms with Gasteiger partial charge in [-0.15, -0.1) is 12.4 Å². The molecule has 0 spiro atoms. The molecule has 1 amide bonds. The molecule has 4 aromatic rings. The Morgan fingerprint density at radius 1 is 1.06 bits per heavy atom. The van der Waals surface area contributed by atoms with E-state index in [0.29, 0.717) is 34.2 Å². The topological polar surface area (TPSA) is 45.7 Å². The van der Waals surface area contributed by atoms with Crippen molar-refractivity contribution in [2.75, 3.05) is 39.2 Å². The number of carbonyl (C=O) groups is 1. The minimum atomic E-state index is -0.749. The van der Waals surface area contributed by atoms with Crippen LogP contribution in [-0.4, -0.2) is 50.1 Å². The summed E-state index contributed by atoms with van der Waals surface area (Å²) in [4.78, 5) is 21.4. The number of nitrogens with zero attached hydrogens (tertiary/aromatic N) is 3. The summed E-state index contributed by atoms with van der Waals surface area (Å²) in [5.74, 6) is -1.30. The molecule has 0 bridgehead atoms. The number of aromatic nitrogens is 1. The number of likely N-dealkylation sites (N-methyl/N-ethyl adjacent to an activating group) is 1. The zero-order valence-corrected chi connectivity index (χ0v) is 19.4. The van der Waals surface area contributed by atoms with Crippen molar-refractivity contribution in [3.8, 4) is 5.75 Å². The molecule has 0 atom stereocenters. The zero-order valence-electron chi connectivity index (χ0n) is 17.8. The number of ether oxygens (including phenoxy) is 1. The fourth-order valence-corrected chi connectivity index (χ4v) is 4.38. The Morgan fingerprint density at radius 2 is 1.75 bits per heavy atom. The minimum Gasteiger partial charge on any atom is -0.496 e. The van der Waals surface area contributed by atoms with Crippen molar-refractivity contribution in [1.29, 1.82) is 0 Å². The van der Waals surface area contributed by atoms with Crippen molar-refractivity contribution >= 4 is 55.8 Å². The highest BCUT2D eigenvalue weighted by Gasteiger charge is 2.25. The quantitative estimate of drug-likeness (QED) is 0.374. The maximum absolute atomic E-state index is 14.2. The van der Waals surface area contributed by atoms with Crippen LogP contribution in [0.5, 0.6) is 5.75 Å². The maximum atomic E-state index is 14.2. The zero-order chi connectivity index (χ0) is 22.1. The highest BCUT2D eigenvalue weighted by atomic mass is 35.5. The van der Waals surface area contributed by atoms with E-state index in [1.165, 1.54) is 18.1 Å². The number of anilines is 1. The van der Waals surface area contributed by atoms with E-state index in [-0.39, 0.29) is 23.8 Å². The predicted octanol–water partition coefficient (Wildman–Crippen LogP) is 5.37. The van der Waals surface area contributed by atoms with Crippen LogP contribution >= 0.6 is 23.7 Å². The average Bonchev–Trinajstić information content (AvgIpc) is 3.16. The summed E-state index contributed by atoms with van der Waals surface area (Å²) in [6.45, 7) is 0.889. The fraction of sp³-hybridized carbons (Fsp3) is 0.217. The van der Waals surface area contributed by atoms with Gasteiger partial charge in [0.15, 0.2) is 10.9 Å². The van der Waals surface area contributed by atoms with E-state index >= 15 is 0 Å². The van der Waals surface area contributed by atoms with Gasteiger partial charge in [-0.2, -0.15) is 0 Å². The smallest absolute Gasteiger partial charge is 0.263 e. The molecule has 168 valence electrons. The molecule has 4 rings (SSSR count). The molecule has 3 aromatic carbocycles. The summed E-state index contributed by atoms with van der Waals surface area (Å²) >= 11 is 1.08. The molecular formula is C23H22ClF2N3O2S. The highest BCUT2D eigenvalue weighted by Crippen LogP contribution is 2.34. The van der Waals surface area contributed by atoms with Gasteiger partial charge < -0.3 is 9.64 Å². The molecule has 0 fully saturated rings. The monoisotopic (exact) mass is 477 g/mol. The van der Waals surface area contributed by atoms with Crippen molar-refractivity contribution in [2.24, 2.45) is 0 Å². The standard InChI is InChI=1S/C23H21F2N3O2S.ClH/c1-27(2)8-9-28(23-26-21-18(25)12-16(24)13-20(21)31-23)22(29)17-10-14-6-4-5-7-15(14)11-19(17)30-3;/h4-7,10-13H,8-9H2,1-3H3;1H. The van der Waals surface area contributed by atoms with Crippen molar-refractivity contribution in [2.45, 2.75) is 0 Å². The third kappa shape index (κ3) is 4.67. The van der Waals surface area contributed by atoms with Gasteiger partial charge in [-0.05, 0) is 43.1 Å². The van der Waals surface area contributed by atoms with Gasteiger partial charge in [0.05, 0.1) is 17.4 Å². The summed E-state index contributed by atoms with van der Waals surface area (Å²) in [6.07, 6.45) is 0. The summed E-state index contributed by atoms with van der Waals surface area (Å²) in [6, 6.07) is 13.3. The first-order valence-electron chi connectivity index (χ1n) is 9.66. The van der Waals surface area contributed by atoms with E-state index in [9.17, 15) is 13.6 Å². The van der Waals surface area contributed by atoms with E-state index in [1.54, 1.807) is 6.07 Å². The van der Waals surface area contributed by atoms with Gasteiger partial charge in [-0.1, -0.05) is 35.6 Å². The molecule has 0 saturated heterocycles. The highest BCUT2D eigenvalue weighted by molar-refractivity contribution is 7.22. The van der Waals surface area contributed by atoms with Crippen LogP contribution in [0.3, 0.4) is 0 Å². The van der Waals surface area contributed by atoms with Crippen molar-refractivity contribution in [3.63, 3.8) is 0 Å². The first kappa shape index (κ1) is 23.8. The number of carbonyl (C=O) groups excluding carboxylic acids is 1. The molecule has 1 aromatic heterocycles. The predicted molar refractivity (Wildman–Crippen MR) is 128 cm³/mol. The lowest BCUT2D eigenvalue weighted by atomic mass is 10.0. The summed E-state index contributed by atoms with van der Waals surface area (Å²) in [7, 11) is 5.31. The largest absolute Gasteiger partial charge is 0.496 e. The Bertz CT molecular complexity index is 1280. The van der Waals surface area contributed by atoms with Gasteiger partial charge in [-0.3, -0.25) is 9.69 Å². The van der Waals surface area contributed by atoms with Crippen LogP contribution in [0.15, 0.2) is 48.5 Å². The first-order valence-corrected chi connectivity index (χ1v) is 10.5. The minimum absolute atomic E-state index is 0. The van der Waals surface area contributed by atoms with Gasteiger partial charge in [0.2, 0.25) is 0 Å². The van der Waals surface area contributed by atoms with Crippen LogP contribution in [0, 0.1) is 11.6 Å². The Morgan fingerprint density at radius 3 is 2.41 bits per heavy atom. The average molecular weight is 478 g/mol. The molecule has 0 saturated carbocycles. The van der Waals surface area contributed by atoms with Crippen LogP contribution in [0.2, 0.25) is 0 Å². The molecule has 5 nitrogen and oxygen atoms in total. The van der Waals surface area contributed by atoms with Gasteiger partial charge in [-0.25, -0.2) is 13.8 Å². The normalized spacial score (nSPS) is 11.1. The van der Waals surface area contributed by atoms with Crippen molar-refractivity contribution in [1.82, 2.24) is 9.88 Å². The molecule has 0 aliphatic rings. The second-order valence-corrected chi connectivity index (χ2v) is 8.40. The molecule has 0 aliphatic heterocycles. The number of thiazole rings is 1. The number of halogens is 3. The number of rotatable bonds is 6. The maximum Gasteiger partial charge on any atom is 0.263 e. The van der Waals surface area contributed by atoms with E-state index in [1.807, 2.05) is 49.3 Å². The van der Waals surface area contributed by atoms with Gasteiger partial charge in [0.25, 0.3) is 5.91 Å². The van der Waals surface area contributed by atoms with Crippen LogP contribution in [-0.2, 0) is 0 Å².